The summed E-state index contributed by atoms with van der Waals surface area (Å²) in [6.07, 6.45) is 1.48. The average molecular weight is 336 g/mol. The number of amides is 1. The Morgan fingerprint density at radius 2 is 2.39 bits per heavy atom. The van der Waals surface area contributed by atoms with Gasteiger partial charge in [-0.25, -0.2) is 4.68 Å². The van der Waals surface area contributed by atoms with Crippen LogP contribution in [0.2, 0.25) is 5.02 Å². The van der Waals surface area contributed by atoms with Crippen LogP contribution >= 0.6 is 11.6 Å². The lowest BCUT2D eigenvalue weighted by Gasteiger charge is -2.33. The largest absolute Gasteiger partial charge is 0.324 e. The van der Waals surface area contributed by atoms with Crippen LogP contribution in [0, 0.1) is 0 Å². The van der Waals surface area contributed by atoms with Crippen LogP contribution in [0.25, 0.3) is 5.69 Å². The number of halogens is 1. The van der Waals surface area contributed by atoms with E-state index in [1.54, 1.807) is 18.2 Å². The van der Waals surface area contributed by atoms with Crippen LogP contribution in [-0.4, -0.2) is 63.2 Å². The lowest BCUT2D eigenvalue weighted by molar-refractivity contribution is -0.118. The van der Waals surface area contributed by atoms with E-state index in [0.29, 0.717) is 23.3 Å². The third-order valence-corrected chi connectivity index (χ3v) is 4.15. The second-order valence-electron chi connectivity index (χ2n) is 5.49. The first kappa shape index (κ1) is 15.9. The molecule has 0 bridgehead atoms. The second-order valence-corrected chi connectivity index (χ2v) is 5.90. The highest BCUT2D eigenvalue weighted by Gasteiger charge is 2.20. The molecule has 1 aliphatic heterocycles. The van der Waals surface area contributed by atoms with Crippen LogP contribution in [0.3, 0.4) is 0 Å². The fourth-order valence-electron chi connectivity index (χ4n) is 2.52. The molecule has 2 aromatic rings. The van der Waals surface area contributed by atoms with Crippen molar-refractivity contribution in [1.29, 1.82) is 0 Å². The first-order chi connectivity index (χ1) is 11.1. The third kappa shape index (κ3) is 3.84. The van der Waals surface area contributed by atoms with Gasteiger partial charge in [-0.3, -0.25) is 9.69 Å². The zero-order chi connectivity index (χ0) is 16.2. The van der Waals surface area contributed by atoms with Crippen molar-refractivity contribution in [2.45, 2.75) is 13.0 Å². The minimum absolute atomic E-state index is 0.0884. The van der Waals surface area contributed by atoms with Crippen molar-refractivity contribution in [3.8, 4) is 5.69 Å². The van der Waals surface area contributed by atoms with Gasteiger partial charge in [-0.1, -0.05) is 11.6 Å². The Hall–Kier alpha value is -2.03. The Balaban J connectivity index is 1.69. The van der Waals surface area contributed by atoms with Crippen LogP contribution in [0.15, 0.2) is 24.5 Å². The number of carbonyl (C=O) groups excluding carboxylic acids is 1. The van der Waals surface area contributed by atoms with Crippen molar-refractivity contribution < 1.29 is 4.79 Å². The van der Waals surface area contributed by atoms with Crippen LogP contribution in [0.4, 0.5) is 5.69 Å². The van der Waals surface area contributed by atoms with E-state index in [2.05, 4.69) is 38.0 Å². The summed E-state index contributed by atoms with van der Waals surface area (Å²) in [7, 11) is 0. The SMILES string of the molecule is C[C@H]1CNCCN1CC(=O)Nc1cc(-n2cnnn2)ccc1Cl. The Labute approximate surface area is 138 Å². The van der Waals surface area contributed by atoms with Gasteiger partial charge in [-0.15, -0.1) is 5.10 Å². The van der Waals surface area contributed by atoms with Crippen LogP contribution in [0.5, 0.6) is 0 Å². The van der Waals surface area contributed by atoms with Crippen LogP contribution < -0.4 is 10.6 Å². The number of nitrogens with one attached hydrogen (secondary N) is 2. The van der Waals surface area contributed by atoms with E-state index in [0.717, 1.165) is 25.3 Å². The monoisotopic (exact) mass is 335 g/mol. The highest BCUT2D eigenvalue weighted by atomic mass is 35.5. The summed E-state index contributed by atoms with van der Waals surface area (Å²) in [5.41, 5.74) is 1.28. The number of benzene rings is 1. The highest BCUT2D eigenvalue weighted by molar-refractivity contribution is 6.33. The van der Waals surface area contributed by atoms with Crippen molar-refractivity contribution in [2.75, 3.05) is 31.5 Å². The van der Waals surface area contributed by atoms with Gasteiger partial charge in [0.05, 0.1) is 22.9 Å². The van der Waals surface area contributed by atoms with Gasteiger partial charge in [-0.05, 0) is 35.5 Å². The normalized spacial score (nSPS) is 18.8. The fourth-order valence-corrected chi connectivity index (χ4v) is 2.69. The molecule has 1 saturated heterocycles. The molecule has 1 atom stereocenters. The molecule has 23 heavy (non-hydrogen) atoms. The number of hydrogen-bond acceptors (Lipinski definition) is 6. The van der Waals surface area contributed by atoms with E-state index in [1.165, 1.54) is 11.0 Å². The van der Waals surface area contributed by atoms with Crippen LogP contribution in [-0.2, 0) is 4.79 Å². The van der Waals surface area contributed by atoms with Gasteiger partial charge in [0.25, 0.3) is 0 Å². The summed E-state index contributed by atoms with van der Waals surface area (Å²) in [5.74, 6) is -0.0884. The maximum Gasteiger partial charge on any atom is 0.238 e. The van der Waals surface area contributed by atoms with Gasteiger partial charge in [0.2, 0.25) is 5.91 Å². The van der Waals surface area contributed by atoms with Gasteiger partial charge < -0.3 is 10.6 Å². The zero-order valence-electron chi connectivity index (χ0n) is 12.7. The number of nitrogens with zero attached hydrogens (tertiary/aromatic N) is 5. The molecule has 0 spiro atoms. The molecule has 8 nitrogen and oxygen atoms in total. The second kappa shape index (κ2) is 7.03. The van der Waals surface area contributed by atoms with Gasteiger partial charge >= 0.3 is 0 Å². The summed E-state index contributed by atoms with van der Waals surface area (Å²) >= 11 is 6.17. The molecular formula is C14H18ClN7O. The van der Waals surface area contributed by atoms with E-state index >= 15 is 0 Å². The number of carbonyl (C=O) groups is 1. The van der Waals surface area contributed by atoms with Gasteiger partial charge in [-0.2, -0.15) is 0 Å². The lowest BCUT2D eigenvalue weighted by atomic mass is 10.2. The summed E-state index contributed by atoms with van der Waals surface area (Å²) < 4.78 is 1.50. The Kier molecular flexibility index (Phi) is 4.85. The van der Waals surface area contributed by atoms with Crippen molar-refractivity contribution >= 4 is 23.2 Å². The molecule has 2 heterocycles. The summed E-state index contributed by atoms with van der Waals surface area (Å²) in [6.45, 7) is 5.09. The van der Waals surface area contributed by atoms with Gasteiger partial charge in [0.1, 0.15) is 6.33 Å². The Morgan fingerprint density at radius 1 is 1.52 bits per heavy atom. The standard InChI is InChI=1S/C14H18ClN7O/c1-10-7-16-4-5-21(10)8-14(23)18-13-6-11(2-3-12(13)15)22-9-17-19-20-22/h2-3,6,9-10,16H,4-5,7-8H2,1H3,(H,18,23)/t10-/m0/s1. The molecule has 1 aliphatic rings. The van der Waals surface area contributed by atoms with Gasteiger partial charge in [0, 0.05) is 25.7 Å². The fraction of sp³-hybridized carbons (Fsp3) is 0.429. The maximum atomic E-state index is 12.3. The Morgan fingerprint density at radius 3 is 3.13 bits per heavy atom. The van der Waals surface area contributed by atoms with Crippen molar-refractivity contribution in [3.05, 3.63) is 29.5 Å². The molecule has 122 valence electrons. The summed E-state index contributed by atoms with van der Waals surface area (Å²) in [4.78, 5) is 14.4. The molecule has 0 aliphatic carbocycles. The molecule has 0 unspecified atom stereocenters. The van der Waals surface area contributed by atoms with Crippen LogP contribution in [0.1, 0.15) is 6.92 Å². The number of aromatic nitrogens is 4. The first-order valence-corrected chi connectivity index (χ1v) is 7.79. The number of piperazine rings is 1. The number of hydrogen-bond donors (Lipinski definition) is 2. The van der Waals surface area contributed by atoms with E-state index < -0.39 is 0 Å². The molecule has 1 aromatic heterocycles. The predicted octanol–water partition coefficient (Wildman–Crippen LogP) is 0.548. The number of anilines is 1. The molecular weight excluding hydrogens is 318 g/mol. The lowest BCUT2D eigenvalue weighted by Crippen LogP contribution is -2.52. The molecule has 1 aromatic carbocycles. The molecule has 2 N–H and O–H groups in total. The minimum Gasteiger partial charge on any atom is -0.324 e. The number of tetrazole rings is 1. The van der Waals surface area contributed by atoms with Crippen molar-refractivity contribution in [1.82, 2.24) is 30.4 Å². The zero-order valence-corrected chi connectivity index (χ0v) is 13.5. The highest BCUT2D eigenvalue weighted by Crippen LogP contribution is 2.24. The summed E-state index contributed by atoms with van der Waals surface area (Å²) in [5, 5.41) is 17.7. The third-order valence-electron chi connectivity index (χ3n) is 3.82. The smallest absolute Gasteiger partial charge is 0.238 e. The van der Waals surface area contributed by atoms with Crippen molar-refractivity contribution in [2.24, 2.45) is 0 Å². The van der Waals surface area contributed by atoms with Crippen molar-refractivity contribution in [3.63, 3.8) is 0 Å². The molecule has 0 radical (unpaired) electrons. The van der Waals surface area contributed by atoms with E-state index in [-0.39, 0.29) is 5.91 Å². The van der Waals surface area contributed by atoms with Gasteiger partial charge in [0.15, 0.2) is 0 Å². The summed E-state index contributed by atoms with van der Waals surface area (Å²) in [6, 6.07) is 5.57. The molecule has 1 amide bonds. The molecule has 0 saturated carbocycles. The quantitative estimate of drug-likeness (QED) is 0.848. The molecule has 1 fully saturated rings. The average Bonchev–Trinajstić information content (AvgIpc) is 3.06. The topological polar surface area (TPSA) is 88.0 Å². The van der Waals surface area contributed by atoms with E-state index in [9.17, 15) is 4.79 Å². The number of rotatable bonds is 4. The van der Waals surface area contributed by atoms with E-state index in [4.69, 9.17) is 11.6 Å². The predicted molar refractivity (Wildman–Crippen MR) is 86.7 cm³/mol. The first-order valence-electron chi connectivity index (χ1n) is 7.41. The molecule has 3 rings (SSSR count). The molecule has 9 heteroatoms. The maximum absolute atomic E-state index is 12.3. The minimum atomic E-state index is -0.0884. The Bertz CT molecular complexity index is 676. The van der Waals surface area contributed by atoms with E-state index in [1.807, 2.05) is 0 Å².